The van der Waals surface area contributed by atoms with Gasteiger partial charge in [0, 0.05) is 10.0 Å². The van der Waals surface area contributed by atoms with Crippen LogP contribution < -0.4 is 5.32 Å². The fourth-order valence-corrected chi connectivity index (χ4v) is 1.38. The van der Waals surface area contributed by atoms with Crippen molar-refractivity contribution < 1.29 is 14.7 Å². The summed E-state index contributed by atoms with van der Waals surface area (Å²) in [6.45, 7) is 1.51. The summed E-state index contributed by atoms with van der Waals surface area (Å²) in [5, 5.41) is 10.6. The van der Waals surface area contributed by atoms with E-state index in [-0.39, 0.29) is 5.78 Å². The van der Waals surface area contributed by atoms with E-state index < -0.39 is 12.1 Å². The van der Waals surface area contributed by atoms with Crippen LogP contribution in [0.15, 0.2) is 28.7 Å². The van der Waals surface area contributed by atoms with Gasteiger partial charge in [0.25, 0.3) is 0 Å². The molecule has 80 valence electrons. The summed E-state index contributed by atoms with van der Waals surface area (Å²) in [6, 6.07) is 6.03. The van der Waals surface area contributed by atoms with Gasteiger partial charge in [-0.2, -0.15) is 0 Å². The van der Waals surface area contributed by atoms with Crippen LogP contribution in [0.25, 0.3) is 0 Å². The van der Waals surface area contributed by atoms with Crippen LogP contribution >= 0.6 is 15.9 Å². The molecule has 0 fully saturated rings. The summed E-state index contributed by atoms with van der Waals surface area (Å²) in [7, 11) is 0. The number of halogens is 1. The second kappa shape index (κ2) is 4.93. The molecule has 0 bridgehead atoms. The number of carbonyl (C=O) groups excluding carboxylic acids is 1. The molecule has 1 aromatic carbocycles. The van der Waals surface area contributed by atoms with Crippen LogP contribution in [0.4, 0.5) is 4.79 Å². The van der Waals surface area contributed by atoms with Crippen molar-refractivity contribution in [1.82, 2.24) is 5.32 Å². The molecule has 4 nitrogen and oxygen atoms in total. The third-order valence-corrected chi connectivity index (χ3v) is 2.39. The topological polar surface area (TPSA) is 66.4 Å². The number of carboxylic acid groups (broad SMARTS) is 1. The Morgan fingerprint density at radius 2 is 1.87 bits per heavy atom. The lowest BCUT2D eigenvalue weighted by atomic mass is 10.1. The van der Waals surface area contributed by atoms with E-state index in [4.69, 9.17) is 5.11 Å². The van der Waals surface area contributed by atoms with Gasteiger partial charge >= 0.3 is 6.09 Å². The van der Waals surface area contributed by atoms with Gasteiger partial charge in [-0.3, -0.25) is 4.79 Å². The van der Waals surface area contributed by atoms with Gasteiger partial charge in [-0.15, -0.1) is 0 Å². The van der Waals surface area contributed by atoms with Gasteiger partial charge < -0.3 is 10.4 Å². The maximum Gasteiger partial charge on any atom is 0.405 e. The van der Waals surface area contributed by atoms with E-state index in [2.05, 4.69) is 21.2 Å². The third kappa shape index (κ3) is 3.36. The van der Waals surface area contributed by atoms with Gasteiger partial charge in [-0.1, -0.05) is 28.1 Å². The Kier molecular flexibility index (Phi) is 3.85. The summed E-state index contributed by atoms with van der Waals surface area (Å²) in [4.78, 5) is 22.0. The van der Waals surface area contributed by atoms with Crippen LogP contribution in [0.3, 0.4) is 0 Å². The fourth-order valence-electron chi connectivity index (χ4n) is 1.11. The molecule has 0 spiro atoms. The van der Waals surface area contributed by atoms with Crippen LogP contribution in [0, 0.1) is 0 Å². The Labute approximate surface area is 95.4 Å². The van der Waals surface area contributed by atoms with Crippen LogP contribution in [0.5, 0.6) is 0 Å². The molecule has 0 aliphatic carbocycles. The minimum absolute atomic E-state index is 0.245. The minimum Gasteiger partial charge on any atom is -0.465 e. The minimum atomic E-state index is -1.20. The zero-order valence-corrected chi connectivity index (χ0v) is 9.61. The monoisotopic (exact) mass is 271 g/mol. The van der Waals surface area contributed by atoms with Crippen molar-refractivity contribution in [3.63, 3.8) is 0 Å². The normalized spacial score (nSPS) is 11.9. The van der Waals surface area contributed by atoms with Gasteiger partial charge in [-0.05, 0) is 19.1 Å². The molecule has 1 amide bonds. The average molecular weight is 272 g/mol. The maximum absolute atomic E-state index is 11.7. The van der Waals surface area contributed by atoms with Gasteiger partial charge in [0.05, 0.1) is 6.04 Å². The first-order chi connectivity index (χ1) is 7.00. The largest absolute Gasteiger partial charge is 0.465 e. The van der Waals surface area contributed by atoms with Crippen LogP contribution in [-0.2, 0) is 0 Å². The molecule has 0 saturated carbocycles. The van der Waals surface area contributed by atoms with E-state index in [0.717, 1.165) is 4.47 Å². The first-order valence-electron chi connectivity index (χ1n) is 4.30. The number of rotatable bonds is 3. The van der Waals surface area contributed by atoms with Gasteiger partial charge in [0.2, 0.25) is 0 Å². The quantitative estimate of drug-likeness (QED) is 0.829. The molecule has 1 aromatic rings. The van der Waals surface area contributed by atoms with E-state index >= 15 is 0 Å². The second-order valence-electron chi connectivity index (χ2n) is 3.04. The molecule has 0 radical (unpaired) electrons. The lowest BCUT2D eigenvalue weighted by Crippen LogP contribution is -2.37. The van der Waals surface area contributed by atoms with Crippen molar-refractivity contribution in [1.29, 1.82) is 0 Å². The predicted molar refractivity (Wildman–Crippen MR) is 59.1 cm³/mol. The molecule has 1 rings (SSSR count). The van der Waals surface area contributed by atoms with Crippen molar-refractivity contribution in [2.75, 3.05) is 0 Å². The molecule has 1 atom stereocenters. The smallest absolute Gasteiger partial charge is 0.405 e. The molecule has 2 N–H and O–H groups in total. The van der Waals surface area contributed by atoms with E-state index in [9.17, 15) is 9.59 Å². The molecule has 5 heteroatoms. The highest BCUT2D eigenvalue weighted by Gasteiger charge is 2.16. The Bertz CT molecular complexity index is 375. The third-order valence-electron chi connectivity index (χ3n) is 1.86. The van der Waals surface area contributed by atoms with Crippen molar-refractivity contribution in [3.05, 3.63) is 34.3 Å². The Morgan fingerprint density at radius 3 is 2.33 bits per heavy atom. The molecular weight excluding hydrogens is 262 g/mol. The molecular formula is C10H10BrNO3. The van der Waals surface area contributed by atoms with E-state index in [0.29, 0.717) is 5.56 Å². The molecule has 1 unspecified atom stereocenters. The maximum atomic E-state index is 11.7. The standard InChI is InChI=1S/C10H10BrNO3/c1-6(12-10(14)15)9(13)7-2-4-8(11)5-3-7/h2-6,12H,1H3,(H,14,15). The highest BCUT2D eigenvalue weighted by molar-refractivity contribution is 9.10. The number of Topliss-reactive ketones (excluding diaryl/α,β-unsaturated/α-hetero) is 1. The summed E-state index contributed by atoms with van der Waals surface area (Å²) >= 11 is 3.25. The van der Waals surface area contributed by atoms with E-state index in [1.807, 2.05) is 0 Å². The number of hydrogen-bond donors (Lipinski definition) is 2. The van der Waals surface area contributed by atoms with E-state index in [1.165, 1.54) is 6.92 Å². The van der Waals surface area contributed by atoms with E-state index in [1.54, 1.807) is 24.3 Å². The SMILES string of the molecule is CC(NC(=O)O)C(=O)c1ccc(Br)cc1. The summed E-state index contributed by atoms with van der Waals surface area (Å²) in [5.41, 5.74) is 0.486. The fraction of sp³-hybridized carbons (Fsp3) is 0.200. The molecule has 0 heterocycles. The van der Waals surface area contributed by atoms with Gasteiger partial charge in [0.15, 0.2) is 5.78 Å². The number of amides is 1. The van der Waals surface area contributed by atoms with Crippen molar-refractivity contribution >= 4 is 27.8 Å². The first kappa shape index (κ1) is 11.7. The number of carbonyl (C=O) groups is 2. The molecule has 0 aliphatic heterocycles. The zero-order valence-electron chi connectivity index (χ0n) is 8.03. The van der Waals surface area contributed by atoms with Gasteiger partial charge in [0.1, 0.15) is 0 Å². The Hall–Kier alpha value is -1.36. The average Bonchev–Trinajstić information content (AvgIpc) is 2.17. The lowest BCUT2D eigenvalue weighted by molar-refractivity contribution is 0.0945. The summed E-state index contributed by atoms with van der Waals surface area (Å²) in [6.07, 6.45) is -1.20. The molecule has 0 aromatic heterocycles. The lowest BCUT2D eigenvalue weighted by Gasteiger charge is -2.09. The Morgan fingerprint density at radius 1 is 1.33 bits per heavy atom. The highest BCUT2D eigenvalue weighted by atomic mass is 79.9. The number of ketones is 1. The molecule has 15 heavy (non-hydrogen) atoms. The summed E-state index contributed by atoms with van der Waals surface area (Å²) < 4.78 is 0.873. The summed E-state index contributed by atoms with van der Waals surface area (Å²) in [5.74, 6) is -0.245. The first-order valence-corrected chi connectivity index (χ1v) is 5.09. The second-order valence-corrected chi connectivity index (χ2v) is 3.96. The van der Waals surface area contributed by atoms with Gasteiger partial charge in [-0.25, -0.2) is 4.79 Å². The predicted octanol–water partition coefficient (Wildman–Crippen LogP) is 2.29. The van der Waals surface area contributed by atoms with Crippen molar-refractivity contribution in [2.45, 2.75) is 13.0 Å². The molecule has 0 aliphatic rings. The van der Waals surface area contributed by atoms with Crippen molar-refractivity contribution in [2.24, 2.45) is 0 Å². The number of hydrogen-bond acceptors (Lipinski definition) is 2. The van der Waals surface area contributed by atoms with Crippen LogP contribution in [0.1, 0.15) is 17.3 Å². The Balaban J connectivity index is 2.76. The number of benzene rings is 1. The number of nitrogens with one attached hydrogen (secondary N) is 1. The van der Waals surface area contributed by atoms with Crippen molar-refractivity contribution in [3.8, 4) is 0 Å². The molecule has 0 saturated heterocycles. The van der Waals surface area contributed by atoms with Crippen LogP contribution in [0.2, 0.25) is 0 Å². The highest BCUT2D eigenvalue weighted by Crippen LogP contribution is 2.11. The van der Waals surface area contributed by atoms with Crippen LogP contribution in [-0.4, -0.2) is 23.0 Å². The zero-order chi connectivity index (χ0) is 11.4.